The lowest BCUT2D eigenvalue weighted by Crippen LogP contribution is -2.67. The van der Waals surface area contributed by atoms with Crippen LogP contribution in [-0.4, -0.2) is 100 Å². The van der Waals surface area contributed by atoms with E-state index in [-0.39, 0.29) is 5.54 Å². The van der Waals surface area contributed by atoms with E-state index in [2.05, 4.69) is 23.8 Å². The third-order valence-electron chi connectivity index (χ3n) is 5.66. The molecule has 15 heteroatoms. The van der Waals surface area contributed by atoms with Crippen LogP contribution in [0.3, 0.4) is 0 Å². The van der Waals surface area contributed by atoms with Crippen molar-refractivity contribution in [3.8, 4) is 0 Å². The molecule has 2 aliphatic rings. The first-order valence-electron chi connectivity index (χ1n) is 10.4. The first-order chi connectivity index (χ1) is 16.0. The monoisotopic (exact) mass is 519 g/mol. The zero-order valence-electron chi connectivity index (χ0n) is 19.0. The van der Waals surface area contributed by atoms with Gasteiger partial charge in [-0.3, -0.25) is 14.6 Å². The molecule has 2 fully saturated rings. The minimum atomic E-state index is -5.08. The predicted molar refractivity (Wildman–Crippen MR) is 108 cm³/mol. The molecule has 9 nitrogen and oxygen atoms in total. The largest absolute Gasteiger partial charge is 0.490 e. The minimum absolute atomic E-state index is 0.263. The van der Waals surface area contributed by atoms with Crippen molar-refractivity contribution in [2.45, 2.75) is 44.2 Å². The molecular formula is C20H27F6N3O6. The van der Waals surface area contributed by atoms with Gasteiger partial charge in [0.15, 0.2) is 0 Å². The number of hydrogen-bond acceptors (Lipinski definition) is 6. The number of nitrogens with zero attached hydrogens (tertiary/aromatic N) is 3. The molecule has 2 aliphatic heterocycles. The molecule has 1 spiro atoms. The smallest absolute Gasteiger partial charge is 0.475 e. The number of alkyl halides is 6. The molecule has 35 heavy (non-hydrogen) atoms. The molecular weight excluding hydrogens is 492 g/mol. The van der Waals surface area contributed by atoms with Gasteiger partial charge in [-0.25, -0.2) is 9.59 Å². The molecule has 200 valence electrons. The Morgan fingerprint density at radius 1 is 1.00 bits per heavy atom. The number of rotatable bonds is 3. The molecule has 0 atom stereocenters. The lowest BCUT2D eigenvalue weighted by Gasteiger charge is -2.51. The van der Waals surface area contributed by atoms with Gasteiger partial charge < -0.3 is 19.5 Å². The number of piperidine rings is 1. The molecule has 0 aliphatic carbocycles. The van der Waals surface area contributed by atoms with Crippen molar-refractivity contribution < 1.29 is 55.4 Å². The molecule has 1 aromatic heterocycles. The van der Waals surface area contributed by atoms with Gasteiger partial charge in [0, 0.05) is 44.8 Å². The second kappa shape index (κ2) is 12.2. The fourth-order valence-corrected chi connectivity index (χ4v) is 3.66. The first-order valence-corrected chi connectivity index (χ1v) is 10.4. The highest BCUT2D eigenvalue weighted by Crippen LogP contribution is 2.33. The Labute approximate surface area is 196 Å². The van der Waals surface area contributed by atoms with Crippen LogP contribution in [0.5, 0.6) is 0 Å². The van der Waals surface area contributed by atoms with Crippen LogP contribution in [0, 0.1) is 0 Å². The number of amides is 1. The van der Waals surface area contributed by atoms with Crippen LogP contribution in [0.2, 0.25) is 0 Å². The van der Waals surface area contributed by atoms with E-state index in [0.717, 1.165) is 52.1 Å². The zero-order valence-corrected chi connectivity index (χ0v) is 19.0. The van der Waals surface area contributed by atoms with Gasteiger partial charge in [-0.2, -0.15) is 26.3 Å². The Balaban J connectivity index is 0.000000362. The van der Waals surface area contributed by atoms with Gasteiger partial charge in [0.05, 0.1) is 12.5 Å². The average Bonchev–Trinajstić information content (AvgIpc) is 3.26. The minimum Gasteiger partial charge on any atom is -0.475 e. The van der Waals surface area contributed by atoms with E-state index in [0.29, 0.717) is 5.91 Å². The fraction of sp³-hybridized carbons (Fsp3) is 0.650. The summed E-state index contributed by atoms with van der Waals surface area (Å²) < 4.78 is 68.6. The van der Waals surface area contributed by atoms with Gasteiger partial charge in [0.25, 0.3) is 0 Å². The van der Waals surface area contributed by atoms with E-state index in [1.165, 1.54) is 5.56 Å². The lowest BCUT2D eigenvalue weighted by atomic mass is 9.82. The Bertz CT molecular complexity index is 811. The maximum atomic E-state index is 12.8. The number of hydrogen-bond donors (Lipinski definition) is 2. The highest BCUT2D eigenvalue weighted by atomic mass is 19.4. The third-order valence-corrected chi connectivity index (χ3v) is 5.66. The van der Waals surface area contributed by atoms with E-state index in [9.17, 15) is 31.1 Å². The van der Waals surface area contributed by atoms with Crippen LogP contribution in [0.15, 0.2) is 23.0 Å². The summed E-state index contributed by atoms with van der Waals surface area (Å²) in [7, 11) is 2.11. The van der Waals surface area contributed by atoms with Gasteiger partial charge in [-0.05, 0) is 32.9 Å². The summed E-state index contributed by atoms with van der Waals surface area (Å²) in [5.74, 6) is -5.18. The standard InChI is InChI=1S/C16H25N3O2.2C2HF3O2/c1-3-19-10-9-17(2)16(15(19)20)5-7-18(8-6-16)12-14-4-11-21-13-14;2*3-2(4,5)1(6)7/h4,11,13H,3,5-10,12H2,1-2H3;2*(H,6,7). The van der Waals surface area contributed by atoms with Gasteiger partial charge in [0.1, 0.15) is 5.54 Å². The maximum absolute atomic E-state index is 12.8. The van der Waals surface area contributed by atoms with E-state index < -0.39 is 24.3 Å². The van der Waals surface area contributed by atoms with Gasteiger partial charge in [-0.15, -0.1) is 0 Å². The number of halogens is 6. The van der Waals surface area contributed by atoms with E-state index in [1.807, 2.05) is 11.0 Å². The molecule has 3 heterocycles. The summed E-state index contributed by atoms with van der Waals surface area (Å²) in [5, 5.41) is 14.2. The number of aliphatic carboxylic acids is 2. The van der Waals surface area contributed by atoms with Crippen molar-refractivity contribution in [2.24, 2.45) is 0 Å². The third kappa shape index (κ3) is 8.72. The number of carboxylic acid groups (broad SMARTS) is 2. The summed E-state index contributed by atoms with van der Waals surface area (Å²) in [5.41, 5.74) is 0.950. The van der Waals surface area contributed by atoms with Gasteiger partial charge in [-0.1, -0.05) is 0 Å². The van der Waals surface area contributed by atoms with Crippen LogP contribution in [0.25, 0.3) is 0 Å². The number of piperazine rings is 1. The number of likely N-dealkylation sites (N-methyl/N-ethyl adjacent to an activating group) is 2. The zero-order chi connectivity index (χ0) is 27.0. The molecule has 0 saturated carbocycles. The van der Waals surface area contributed by atoms with Gasteiger partial charge >= 0.3 is 24.3 Å². The van der Waals surface area contributed by atoms with Crippen molar-refractivity contribution in [2.75, 3.05) is 39.8 Å². The number of carbonyl (C=O) groups excluding carboxylic acids is 1. The lowest BCUT2D eigenvalue weighted by molar-refractivity contribution is -0.193. The number of likely N-dealkylation sites (tertiary alicyclic amines) is 1. The van der Waals surface area contributed by atoms with Crippen LogP contribution in [0.4, 0.5) is 26.3 Å². The Morgan fingerprint density at radius 2 is 1.49 bits per heavy atom. The van der Waals surface area contributed by atoms with Crippen molar-refractivity contribution in [1.29, 1.82) is 0 Å². The quantitative estimate of drug-likeness (QED) is 0.586. The second-order valence-corrected chi connectivity index (χ2v) is 7.85. The highest BCUT2D eigenvalue weighted by Gasteiger charge is 2.48. The van der Waals surface area contributed by atoms with Crippen LogP contribution < -0.4 is 0 Å². The van der Waals surface area contributed by atoms with E-state index in [4.69, 9.17) is 24.2 Å². The van der Waals surface area contributed by atoms with Crippen molar-refractivity contribution >= 4 is 17.8 Å². The second-order valence-electron chi connectivity index (χ2n) is 7.85. The highest BCUT2D eigenvalue weighted by molar-refractivity contribution is 5.87. The van der Waals surface area contributed by atoms with Crippen molar-refractivity contribution in [3.05, 3.63) is 24.2 Å². The topological polar surface area (TPSA) is 115 Å². The Hall–Kier alpha value is -2.81. The van der Waals surface area contributed by atoms with E-state index >= 15 is 0 Å². The summed E-state index contributed by atoms with van der Waals surface area (Å²) in [4.78, 5) is 37.3. The molecule has 2 N–H and O–H groups in total. The van der Waals surface area contributed by atoms with E-state index in [1.54, 1.807) is 12.5 Å². The first kappa shape index (κ1) is 30.2. The Kier molecular flexibility index (Phi) is 10.6. The molecule has 1 aromatic rings. The summed E-state index contributed by atoms with van der Waals surface area (Å²) in [6, 6.07) is 2.01. The molecule has 0 radical (unpaired) electrons. The number of furan rings is 1. The molecule has 0 unspecified atom stereocenters. The van der Waals surface area contributed by atoms with Crippen LogP contribution >= 0.6 is 0 Å². The molecule has 2 saturated heterocycles. The van der Waals surface area contributed by atoms with Crippen molar-refractivity contribution in [1.82, 2.24) is 14.7 Å². The fourth-order valence-electron chi connectivity index (χ4n) is 3.66. The summed E-state index contributed by atoms with van der Waals surface area (Å²) in [6.07, 6.45) is -4.78. The number of carbonyl (C=O) groups is 3. The molecule has 0 aromatic carbocycles. The number of carboxylic acids is 2. The summed E-state index contributed by atoms with van der Waals surface area (Å²) in [6.45, 7) is 7.62. The molecule has 1 amide bonds. The normalized spacial score (nSPS) is 18.9. The Morgan fingerprint density at radius 3 is 1.86 bits per heavy atom. The molecule has 0 bridgehead atoms. The average molecular weight is 519 g/mol. The molecule has 3 rings (SSSR count). The predicted octanol–water partition coefficient (Wildman–Crippen LogP) is 2.67. The van der Waals surface area contributed by atoms with Gasteiger partial charge in [0.2, 0.25) is 5.91 Å². The van der Waals surface area contributed by atoms with Crippen molar-refractivity contribution in [3.63, 3.8) is 0 Å². The maximum Gasteiger partial charge on any atom is 0.490 e. The van der Waals surface area contributed by atoms with Crippen LogP contribution in [0.1, 0.15) is 25.3 Å². The summed E-state index contributed by atoms with van der Waals surface area (Å²) >= 11 is 0. The van der Waals surface area contributed by atoms with Crippen LogP contribution in [-0.2, 0) is 20.9 Å². The SMILES string of the molecule is CCN1CCN(C)C2(CCN(Cc3ccoc3)CC2)C1=O.O=C(O)C(F)(F)F.O=C(O)C(F)(F)F.